The minimum atomic E-state index is -0.324. The number of anilines is 1. The molecule has 1 heterocycles. The summed E-state index contributed by atoms with van der Waals surface area (Å²) in [5.41, 5.74) is 11.4. The number of hydrazine groups is 1. The molecule has 1 aromatic heterocycles. The third-order valence-electron chi connectivity index (χ3n) is 3.07. The van der Waals surface area contributed by atoms with E-state index in [2.05, 4.69) is 10.4 Å². The predicted octanol–water partition coefficient (Wildman–Crippen LogP) is 2.19. The Kier molecular flexibility index (Phi) is 4.44. The van der Waals surface area contributed by atoms with Gasteiger partial charge in [-0.2, -0.15) is 0 Å². The third kappa shape index (κ3) is 2.85. The van der Waals surface area contributed by atoms with Crippen LogP contribution in [-0.2, 0) is 0 Å². The summed E-state index contributed by atoms with van der Waals surface area (Å²) in [6, 6.07) is 6.99. The molecule has 6 heteroatoms. The van der Waals surface area contributed by atoms with Gasteiger partial charge in [0.25, 0.3) is 0 Å². The maximum atomic E-state index is 5.98. The molecule has 106 valence electrons. The lowest BCUT2D eigenvalue weighted by molar-refractivity contribution is 0.404. The van der Waals surface area contributed by atoms with Gasteiger partial charge in [0.15, 0.2) is 0 Å². The van der Waals surface area contributed by atoms with E-state index in [1.165, 1.54) is 0 Å². The molecule has 0 saturated carbocycles. The van der Waals surface area contributed by atoms with Gasteiger partial charge in [0.1, 0.15) is 11.6 Å². The molecule has 0 fully saturated rings. The lowest BCUT2D eigenvalue weighted by Crippen LogP contribution is -2.30. The number of aryl methyl sites for hydroxylation is 1. The van der Waals surface area contributed by atoms with Crippen molar-refractivity contribution in [2.75, 3.05) is 12.8 Å². The van der Waals surface area contributed by atoms with Crippen molar-refractivity contribution in [3.63, 3.8) is 0 Å². The van der Waals surface area contributed by atoms with E-state index in [9.17, 15) is 0 Å². The lowest BCUT2D eigenvalue weighted by Gasteiger charge is -2.21. The molecule has 0 aliphatic carbocycles. The molecule has 0 aliphatic rings. The van der Waals surface area contributed by atoms with Gasteiger partial charge < -0.3 is 10.5 Å². The van der Waals surface area contributed by atoms with Crippen LogP contribution in [0, 0.1) is 6.92 Å². The van der Waals surface area contributed by atoms with E-state index >= 15 is 0 Å². The van der Waals surface area contributed by atoms with Crippen molar-refractivity contribution >= 4 is 17.4 Å². The zero-order chi connectivity index (χ0) is 14.7. The van der Waals surface area contributed by atoms with E-state index in [0.29, 0.717) is 16.6 Å². The number of nitrogens with one attached hydrogen (secondary N) is 1. The number of nitrogen functional groups attached to an aromatic ring is 1. The Morgan fingerprint density at radius 2 is 2.05 bits per heavy atom. The van der Waals surface area contributed by atoms with E-state index in [1.807, 2.05) is 19.1 Å². The fourth-order valence-corrected chi connectivity index (χ4v) is 2.27. The Hall–Kier alpha value is -1.82. The van der Waals surface area contributed by atoms with Crippen LogP contribution in [0.2, 0.25) is 5.02 Å². The maximum absolute atomic E-state index is 5.98. The van der Waals surface area contributed by atoms with E-state index in [-0.39, 0.29) is 6.04 Å². The van der Waals surface area contributed by atoms with Gasteiger partial charge in [-0.05, 0) is 30.7 Å². The first-order valence-corrected chi connectivity index (χ1v) is 6.46. The zero-order valence-corrected chi connectivity index (χ0v) is 12.1. The predicted molar refractivity (Wildman–Crippen MR) is 80.6 cm³/mol. The Balaban J connectivity index is 2.55. The van der Waals surface area contributed by atoms with Gasteiger partial charge in [-0.15, -0.1) is 0 Å². The molecule has 2 aromatic rings. The minimum absolute atomic E-state index is 0.324. The summed E-state index contributed by atoms with van der Waals surface area (Å²) in [6.45, 7) is 1.95. The summed E-state index contributed by atoms with van der Waals surface area (Å²) in [5, 5.41) is 0.594. The molecule has 2 rings (SSSR count). The van der Waals surface area contributed by atoms with Gasteiger partial charge in [0, 0.05) is 22.3 Å². The highest BCUT2D eigenvalue weighted by Crippen LogP contribution is 2.33. The maximum Gasteiger partial charge on any atom is 0.128 e. The van der Waals surface area contributed by atoms with E-state index in [4.69, 9.17) is 27.9 Å². The monoisotopic (exact) mass is 292 g/mol. The van der Waals surface area contributed by atoms with Crippen LogP contribution >= 0.6 is 11.6 Å². The summed E-state index contributed by atoms with van der Waals surface area (Å²) >= 11 is 5.98. The molecule has 5 N–H and O–H groups in total. The van der Waals surface area contributed by atoms with Crippen LogP contribution in [0.1, 0.15) is 22.7 Å². The fourth-order valence-electron chi connectivity index (χ4n) is 2.10. The van der Waals surface area contributed by atoms with E-state index < -0.39 is 0 Å². The number of methoxy groups -OCH3 is 1. The smallest absolute Gasteiger partial charge is 0.128 e. The van der Waals surface area contributed by atoms with Gasteiger partial charge >= 0.3 is 0 Å². The number of rotatable bonds is 4. The number of hydrogen-bond donors (Lipinski definition) is 3. The number of aromatic nitrogens is 1. The van der Waals surface area contributed by atoms with E-state index in [1.54, 1.807) is 25.4 Å². The molecular formula is C14H17ClN4O. The SMILES string of the molecule is COc1cc(Cl)ccc1C(NN)c1cc(C)cnc1N. The van der Waals surface area contributed by atoms with Crippen LogP contribution in [0.3, 0.4) is 0 Å². The Morgan fingerprint density at radius 1 is 1.30 bits per heavy atom. The van der Waals surface area contributed by atoms with Gasteiger partial charge in [-0.25, -0.2) is 10.4 Å². The first kappa shape index (κ1) is 14.6. The van der Waals surface area contributed by atoms with Crippen molar-refractivity contribution in [3.8, 4) is 5.75 Å². The number of hydrogen-bond acceptors (Lipinski definition) is 5. The van der Waals surface area contributed by atoms with Crippen molar-refractivity contribution < 1.29 is 4.74 Å². The highest BCUT2D eigenvalue weighted by molar-refractivity contribution is 6.30. The Morgan fingerprint density at radius 3 is 2.70 bits per heavy atom. The molecular weight excluding hydrogens is 276 g/mol. The number of nitrogens with two attached hydrogens (primary N) is 2. The molecule has 0 saturated heterocycles. The summed E-state index contributed by atoms with van der Waals surface area (Å²) < 4.78 is 5.36. The van der Waals surface area contributed by atoms with Crippen molar-refractivity contribution in [3.05, 3.63) is 52.2 Å². The second kappa shape index (κ2) is 6.09. The average Bonchev–Trinajstić information content (AvgIpc) is 2.44. The molecule has 0 bridgehead atoms. The van der Waals surface area contributed by atoms with Gasteiger partial charge in [-0.3, -0.25) is 5.84 Å². The topological polar surface area (TPSA) is 86.2 Å². The van der Waals surface area contributed by atoms with Gasteiger partial charge in [0.05, 0.1) is 13.2 Å². The third-order valence-corrected chi connectivity index (χ3v) is 3.31. The summed E-state index contributed by atoms with van der Waals surface area (Å²) in [4.78, 5) is 4.16. The number of benzene rings is 1. The van der Waals surface area contributed by atoms with Crippen LogP contribution in [0.25, 0.3) is 0 Å². The number of nitrogens with zero attached hydrogens (tertiary/aromatic N) is 1. The standard InChI is InChI=1S/C14H17ClN4O/c1-8-5-11(14(16)18-7-8)13(19-17)10-4-3-9(15)6-12(10)20-2/h3-7,13,19H,17H2,1-2H3,(H2,16,18). The number of pyridine rings is 1. The molecule has 0 amide bonds. The molecule has 1 unspecified atom stereocenters. The number of halogens is 1. The van der Waals surface area contributed by atoms with Crippen LogP contribution in [0.4, 0.5) is 5.82 Å². The summed E-state index contributed by atoms with van der Waals surface area (Å²) in [7, 11) is 1.58. The largest absolute Gasteiger partial charge is 0.496 e. The van der Waals surface area contributed by atoms with Gasteiger partial charge in [-0.1, -0.05) is 17.7 Å². The highest BCUT2D eigenvalue weighted by Gasteiger charge is 2.20. The normalized spacial score (nSPS) is 12.2. The summed E-state index contributed by atoms with van der Waals surface area (Å²) in [5.74, 6) is 6.76. The van der Waals surface area contributed by atoms with Crippen LogP contribution in [0.5, 0.6) is 5.75 Å². The van der Waals surface area contributed by atoms with Crippen LogP contribution in [0.15, 0.2) is 30.5 Å². The van der Waals surface area contributed by atoms with Crippen molar-refractivity contribution in [2.45, 2.75) is 13.0 Å². The lowest BCUT2D eigenvalue weighted by atomic mass is 9.98. The fraction of sp³-hybridized carbons (Fsp3) is 0.214. The highest BCUT2D eigenvalue weighted by atomic mass is 35.5. The first-order valence-electron chi connectivity index (χ1n) is 6.08. The van der Waals surface area contributed by atoms with Crippen molar-refractivity contribution in [2.24, 2.45) is 5.84 Å². The van der Waals surface area contributed by atoms with Crippen molar-refractivity contribution in [1.29, 1.82) is 0 Å². The minimum Gasteiger partial charge on any atom is -0.496 e. The van der Waals surface area contributed by atoms with Gasteiger partial charge in [0.2, 0.25) is 0 Å². The molecule has 20 heavy (non-hydrogen) atoms. The Bertz CT molecular complexity index is 618. The molecule has 0 radical (unpaired) electrons. The first-order chi connectivity index (χ1) is 9.56. The molecule has 5 nitrogen and oxygen atoms in total. The molecule has 1 aromatic carbocycles. The van der Waals surface area contributed by atoms with Crippen LogP contribution in [-0.4, -0.2) is 12.1 Å². The average molecular weight is 293 g/mol. The van der Waals surface area contributed by atoms with Crippen LogP contribution < -0.4 is 21.7 Å². The van der Waals surface area contributed by atoms with Crippen molar-refractivity contribution in [1.82, 2.24) is 10.4 Å². The molecule has 0 aliphatic heterocycles. The number of ether oxygens (including phenoxy) is 1. The molecule has 0 spiro atoms. The quantitative estimate of drug-likeness (QED) is 0.594. The van der Waals surface area contributed by atoms with E-state index in [0.717, 1.165) is 16.7 Å². The summed E-state index contributed by atoms with van der Waals surface area (Å²) in [6.07, 6.45) is 1.71. The second-order valence-corrected chi connectivity index (χ2v) is 4.91. The second-order valence-electron chi connectivity index (χ2n) is 4.47. The Labute approximate surface area is 122 Å². The molecule has 1 atom stereocenters. The zero-order valence-electron chi connectivity index (χ0n) is 11.4.